The van der Waals surface area contributed by atoms with E-state index in [0.29, 0.717) is 0 Å². The summed E-state index contributed by atoms with van der Waals surface area (Å²) in [6, 6.07) is 10.2. The highest BCUT2D eigenvalue weighted by Gasteiger charge is 2.27. The Labute approximate surface area is 121 Å². The number of hydrogen-bond donors (Lipinski definition) is 0. The maximum atomic E-state index is 12.0. The number of carbonyl (C=O) groups is 1. The van der Waals surface area contributed by atoms with Crippen molar-refractivity contribution in [3.63, 3.8) is 0 Å². The number of hydrogen-bond acceptors (Lipinski definition) is 4. The molecule has 0 bridgehead atoms. The monoisotopic (exact) mass is 298 g/mol. The van der Waals surface area contributed by atoms with E-state index < -0.39 is 7.60 Å². The molecule has 1 rings (SSSR count). The van der Waals surface area contributed by atoms with Crippen molar-refractivity contribution in [1.82, 2.24) is 0 Å². The molecule has 0 aliphatic rings. The smallest absolute Gasteiger partial charge is 0.312 e. The Morgan fingerprint density at radius 1 is 1.20 bits per heavy atom. The lowest BCUT2D eigenvalue weighted by atomic mass is 9.98. The van der Waals surface area contributed by atoms with Crippen LogP contribution in [0, 0.1) is 5.92 Å². The van der Waals surface area contributed by atoms with Gasteiger partial charge in [-0.2, -0.15) is 0 Å². The van der Waals surface area contributed by atoms with E-state index in [9.17, 15) is 9.36 Å². The lowest BCUT2D eigenvalue weighted by Crippen LogP contribution is -2.16. The molecule has 1 aromatic carbocycles. The Bertz CT molecular complexity index is 450. The standard InChI is InChI=1S/C15H23O4P/c1-13(15(16)12-20(17,18-2)19-3)8-7-11-14-9-5-4-6-10-14/h4-6,9-10,13H,7-8,11-12H2,1-3H3. The molecule has 0 aliphatic heterocycles. The van der Waals surface area contributed by atoms with Crippen LogP contribution in [0.2, 0.25) is 0 Å². The van der Waals surface area contributed by atoms with E-state index in [1.165, 1.54) is 19.8 Å². The summed E-state index contributed by atoms with van der Waals surface area (Å²) in [6.45, 7) is 1.86. The van der Waals surface area contributed by atoms with Crippen LogP contribution in [0.4, 0.5) is 0 Å². The summed E-state index contributed by atoms with van der Waals surface area (Å²) in [4.78, 5) is 12.0. The maximum absolute atomic E-state index is 12.0. The fourth-order valence-corrected chi connectivity index (χ4v) is 3.07. The molecule has 0 heterocycles. The van der Waals surface area contributed by atoms with Crippen molar-refractivity contribution in [2.24, 2.45) is 5.92 Å². The summed E-state index contributed by atoms with van der Waals surface area (Å²) in [5.74, 6) is -0.192. The Balaban J connectivity index is 2.37. The van der Waals surface area contributed by atoms with E-state index in [1.807, 2.05) is 25.1 Å². The van der Waals surface area contributed by atoms with Crippen molar-refractivity contribution in [3.05, 3.63) is 35.9 Å². The third-order valence-electron chi connectivity index (χ3n) is 3.40. The van der Waals surface area contributed by atoms with Crippen LogP contribution in [0.3, 0.4) is 0 Å². The first-order valence-corrected chi connectivity index (χ1v) is 8.50. The molecule has 0 amide bonds. The maximum Gasteiger partial charge on any atom is 0.337 e. The molecule has 0 aromatic heterocycles. The molecule has 0 spiro atoms. The second-order valence-electron chi connectivity index (χ2n) is 4.88. The van der Waals surface area contributed by atoms with Crippen molar-refractivity contribution in [2.75, 3.05) is 20.4 Å². The molecule has 5 heteroatoms. The van der Waals surface area contributed by atoms with Crippen molar-refractivity contribution in [1.29, 1.82) is 0 Å². The molecule has 0 saturated heterocycles. The van der Waals surface area contributed by atoms with Gasteiger partial charge in [0, 0.05) is 20.1 Å². The van der Waals surface area contributed by atoms with E-state index in [4.69, 9.17) is 9.05 Å². The third-order valence-corrected chi connectivity index (χ3v) is 5.21. The molecule has 1 unspecified atom stereocenters. The van der Waals surface area contributed by atoms with Crippen LogP contribution in [0.25, 0.3) is 0 Å². The topological polar surface area (TPSA) is 52.6 Å². The minimum atomic E-state index is -3.23. The van der Waals surface area contributed by atoms with Gasteiger partial charge in [0.1, 0.15) is 11.9 Å². The van der Waals surface area contributed by atoms with Gasteiger partial charge in [0.2, 0.25) is 0 Å². The lowest BCUT2D eigenvalue weighted by Gasteiger charge is -2.15. The first-order valence-electron chi connectivity index (χ1n) is 6.78. The summed E-state index contributed by atoms with van der Waals surface area (Å²) in [5.41, 5.74) is 1.27. The highest BCUT2D eigenvalue weighted by Crippen LogP contribution is 2.46. The highest BCUT2D eigenvalue weighted by molar-refractivity contribution is 7.54. The fraction of sp³-hybridized carbons (Fsp3) is 0.533. The van der Waals surface area contributed by atoms with Crippen molar-refractivity contribution in [2.45, 2.75) is 26.2 Å². The molecular weight excluding hydrogens is 275 g/mol. The number of Topliss-reactive ketones (excluding diaryl/α,β-unsaturated/α-hetero) is 1. The van der Waals surface area contributed by atoms with Gasteiger partial charge in [-0.05, 0) is 24.8 Å². The number of carbonyl (C=O) groups excluding carboxylic acids is 1. The summed E-state index contributed by atoms with van der Waals surface area (Å²) >= 11 is 0. The fourth-order valence-electron chi connectivity index (χ4n) is 1.97. The van der Waals surface area contributed by atoms with E-state index in [0.717, 1.165) is 19.3 Å². The van der Waals surface area contributed by atoms with Crippen LogP contribution >= 0.6 is 7.60 Å². The van der Waals surface area contributed by atoms with E-state index in [2.05, 4.69) is 12.1 Å². The van der Waals surface area contributed by atoms with Gasteiger partial charge in [-0.25, -0.2) is 0 Å². The van der Waals surface area contributed by atoms with Crippen LogP contribution in [-0.4, -0.2) is 26.2 Å². The Morgan fingerprint density at radius 2 is 1.80 bits per heavy atom. The number of rotatable bonds is 9. The minimum Gasteiger partial charge on any atom is -0.312 e. The zero-order valence-corrected chi connectivity index (χ0v) is 13.3. The molecular formula is C15H23O4P. The average molecular weight is 298 g/mol. The Morgan fingerprint density at radius 3 is 2.35 bits per heavy atom. The number of benzene rings is 1. The second kappa shape index (κ2) is 8.35. The molecule has 0 N–H and O–H groups in total. The van der Waals surface area contributed by atoms with Gasteiger partial charge in [0.05, 0.1) is 0 Å². The first kappa shape index (κ1) is 17.1. The molecule has 1 atom stereocenters. The van der Waals surface area contributed by atoms with Gasteiger partial charge in [0.25, 0.3) is 0 Å². The van der Waals surface area contributed by atoms with Crippen molar-refractivity contribution in [3.8, 4) is 0 Å². The van der Waals surface area contributed by atoms with Gasteiger partial charge in [0.15, 0.2) is 0 Å². The van der Waals surface area contributed by atoms with Gasteiger partial charge in [-0.1, -0.05) is 37.3 Å². The zero-order valence-electron chi connectivity index (χ0n) is 12.4. The molecule has 0 fully saturated rings. The second-order valence-corrected chi connectivity index (χ2v) is 7.15. The normalized spacial score (nSPS) is 13.2. The Kier molecular flexibility index (Phi) is 7.14. The first-order chi connectivity index (χ1) is 9.50. The van der Waals surface area contributed by atoms with Crippen LogP contribution in [0.15, 0.2) is 30.3 Å². The van der Waals surface area contributed by atoms with E-state index in [1.54, 1.807) is 0 Å². The summed E-state index contributed by atoms with van der Waals surface area (Å²) in [7, 11) is -0.624. The highest BCUT2D eigenvalue weighted by atomic mass is 31.2. The number of ketones is 1. The molecule has 4 nitrogen and oxygen atoms in total. The van der Waals surface area contributed by atoms with Crippen molar-refractivity contribution >= 4 is 13.4 Å². The molecule has 1 aromatic rings. The van der Waals surface area contributed by atoms with Crippen LogP contribution in [-0.2, 0) is 24.8 Å². The Hall–Kier alpha value is -0.960. The third kappa shape index (κ3) is 5.58. The van der Waals surface area contributed by atoms with Gasteiger partial charge >= 0.3 is 7.60 Å². The van der Waals surface area contributed by atoms with E-state index >= 15 is 0 Å². The molecule has 0 aliphatic carbocycles. The lowest BCUT2D eigenvalue weighted by molar-refractivity contribution is -0.120. The van der Waals surface area contributed by atoms with Gasteiger partial charge in [-0.3, -0.25) is 9.36 Å². The van der Waals surface area contributed by atoms with Gasteiger partial charge in [-0.15, -0.1) is 0 Å². The minimum absolute atomic E-state index is 0.0647. The number of aryl methyl sites for hydroxylation is 1. The van der Waals surface area contributed by atoms with Gasteiger partial charge < -0.3 is 9.05 Å². The largest absolute Gasteiger partial charge is 0.337 e. The predicted octanol–water partition coefficient (Wildman–Crippen LogP) is 3.70. The summed E-state index contributed by atoms with van der Waals surface area (Å²) in [5, 5.41) is 0. The molecule has 0 saturated carbocycles. The summed E-state index contributed by atoms with van der Waals surface area (Å²) in [6.07, 6.45) is 2.51. The summed E-state index contributed by atoms with van der Waals surface area (Å²) < 4.78 is 21.5. The zero-order chi connectivity index (χ0) is 15.0. The SMILES string of the molecule is COP(=O)(CC(=O)C(C)CCCc1ccccc1)OC. The van der Waals surface area contributed by atoms with Crippen LogP contribution in [0.1, 0.15) is 25.3 Å². The molecule has 20 heavy (non-hydrogen) atoms. The quantitative estimate of drug-likeness (QED) is 0.652. The van der Waals surface area contributed by atoms with E-state index in [-0.39, 0.29) is 17.9 Å². The predicted molar refractivity (Wildman–Crippen MR) is 80.0 cm³/mol. The van der Waals surface area contributed by atoms with Crippen LogP contribution < -0.4 is 0 Å². The average Bonchev–Trinajstić information content (AvgIpc) is 2.48. The molecule has 112 valence electrons. The molecule has 0 radical (unpaired) electrons. The van der Waals surface area contributed by atoms with Crippen LogP contribution in [0.5, 0.6) is 0 Å². The van der Waals surface area contributed by atoms with Crippen molar-refractivity contribution < 1.29 is 18.4 Å².